The van der Waals surface area contributed by atoms with Gasteiger partial charge in [-0.15, -0.1) is 0 Å². The predicted octanol–water partition coefficient (Wildman–Crippen LogP) is 4.00. The van der Waals surface area contributed by atoms with E-state index in [-0.39, 0.29) is 35.4 Å². The number of esters is 1. The van der Waals surface area contributed by atoms with Crippen molar-refractivity contribution in [3.63, 3.8) is 0 Å². The summed E-state index contributed by atoms with van der Waals surface area (Å²) in [6.07, 6.45) is 3.25. The molecular weight excluding hydrogens is 422 g/mol. The van der Waals surface area contributed by atoms with Gasteiger partial charge in [0, 0.05) is 26.1 Å². The first-order valence-electron chi connectivity index (χ1n) is 11.6. The van der Waals surface area contributed by atoms with Crippen molar-refractivity contribution < 1.29 is 23.9 Å². The summed E-state index contributed by atoms with van der Waals surface area (Å²) in [5.74, 6) is 0.0536. The topological polar surface area (TPSA) is 106 Å². The molecule has 0 spiro atoms. The molecule has 1 saturated carbocycles. The van der Waals surface area contributed by atoms with Crippen LogP contribution in [-0.4, -0.2) is 44.9 Å². The highest BCUT2D eigenvalue weighted by atomic mass is 16.5. The average Bonchev–Trinajstić information content (AvgIpc) is 2.75. The normalized spacial score (nSPS) is 21.5. The Morgan fingerprint density at radius 3 is 2.45 bits per heavy atom. The summed E-state index contributed by atoms with van der Waals surface area (Å²) in [6, 6.07) is 9.41. The zero-order valence-electron chi connectivity index (χ0n) is 20.4. The number of amides is 3. The van der Waals surface area contributed by atoms with Gasteiger partial charge in [-0.3, -0.25) is 4.79 Å². The second-order valence-electron chi connectivity index (χ2n) is 10.1. The first-order valence-corrected chi connectivity index (χ1v) is 11.6. The second-order valence-corrected chi connectivity index (χ2v) is 10.1. The number of ether oxygens (including phenoxy) is 2. The van der Waals surface area contributed by atoms with Gasteiger partial charge in [-0.25, -0.2) is 9.59 Å². The maximum absolute atomic E-state index is 12.1. The molecule has 8 nitrogen and oxygen atoms in total. The van der Waals surface area contributed by atoms with Gasteiger partial charge in [0.15, 0.2) is 0 Å². The highest BCUT2D eigenvalue weighted by Crippen LogP contribution is 2.49. The van der Waals surface area contributed by atoms with E-state index in [1.807, 2.05) is 30.3 Å². The Bertz CT molecular complexity index is 784. The van der Waals surface area contributed by atoms with Gasteiger partial charge in [0.05, 0.1) is 13.7 Å². The van der Waals surface area contributed by atoms with Crippen LogP contribution in [0.3, 0.4) is 0 Å². The minimum Gasteiger partial charge on any atom is -0.469 e. The summed E-state index contributed by atoms with van der Waals surface area (Å²) >= 11 is 0. The van der Waals surface area contributed by atoms with Crippen LogP contribution in [0, 0.1) is 16.7 Å². The maximum Gasteiger partial charge on any atom is 0.407 e. The zero-order valence-corrected chi connectivity index (χ0v) is 20.4. The van der Waals surface area contributed by atoms with Crippen LogP contribution in [0.2, 0.25) is 0 Å². The van der Waals surface area contributed by atoms with Gasteiger partial charge in [-0.2, -0.15) is 0 Å². The third-order valence-electron chi connectivity index (χ3n) is 6.01. The van der Waals surface area contributed by atoms with Crippen molar-refractivity contribution in [2.75, 3.05) is 26.8 Å². The van der Waals surface area contributed by atoms with Crippen molar-refractivity contribution in [2.24, 2.45) is 16.7 Å². The molecule has 1 fully saturated rings. The lowest BCUT2D eigenvalue weighted by molar-refractivity contribution is -0.142. The molecule has 2 rings (SSSR count). The van der Waals surface area contributed by atoms with Crippen LogP contribution in [0.1, 0.15) is 58.4 Å². The van der Waals surface area contributed by atoms with Gasteiger partial charge in [0.1, 0.15) is 0 Å². The van der Waals surface area contributed by atoms with Crippen LogP contribution in [-0.2, 0) is 20.8 Å². The first kappa shape index (κ1) is 26.5. The smallest absolute Gasteiger partial charge is 0.407 e. The zero-order chi connectivity index (χ0) is 24.3. The molecule has 3 amide bonds. The van der Waals surface area contributed by atoms with Crippen LogP contribution in [0.25, 0.3) is 0 Å². The molecule has 33 heavy (non-hydrogen) atoms. The number of benzene rings is 1. The number of hydrogen-bond donors (Lipinski definition) is 3. The SMILES string of the molecule is COC(=O)CC1CC(C)(C)CC(C)(CNC(=O)OCCCNC(=O)NCc2ccccc2)C1. The molecule has 1 aromatic rings. The van der Waals surface area contributed by atoms with E-state index in [0.717, 1.165) is 24.8 Å². The highest BCUT2D eigenvalue weighted by Gasteiger charge is 2.42. The lowest BCUT2D eigenvalue weighted by Gasteiger charge is -2.46. The van der Waals surface area contributed by atoms with Crippen molar-refractivity contribution in [2.45, 2.75) is 59.4 Å². The van der Waals surface area contributed by atoms with Crippen molar-refractivity contribution in [1.29, 1.82) is 0 Å². The highest BCUT2D eigenvalue weighted by molar-refractivity contribution is 5.73. The summed E-state index contributed by atoms with van der Waals surface area (Å²) in [7, 11) is 1.42. The van der Waals surface area contributed by atoms with Crippen LogP contribution in [0.5, 0.6) is 0 Å². The van der Waals surface area contributed by atoms with E-state index in [1.54, 1.807) is 0 Å². The minimum absolute atomic E-state index is 0.0873. The number of carbonyl (C=O) groups is 3. The Morgan fingerprint density at radius 1 is 1.03 bits per heavy atom. The number of hydrogen-bond acceptors (Lipinski definition) is 5. The van der Waals surface area contributed by atoms with E-state index in [1.165, 1.54) is 7.11 Å². The molecule has 3 N–H and O–H groups in total. The summed E-state index contributed by atoms with van der Waals surface area (Å²) in [6.45, 7) is 8.14. The quantitative estimate of drug-likeness (QED) is 0.361. The van der Waals surface area contributed by atoms with Crippen molar-refractivity contribution in [3.05, 3.63) is 35.9 Å². The molecule has 0 aliphatic heterocycles. The molecule has 0 bridgehead atoms. The van der Waals surface area contributed by atoms with E-state index >= 15 is 0 Å². The van der Waals surface area contributed by atoms with Gasteiger partial charge < -0.3 is 25.4 Å². The van der Waals surface area contributed by atoms with Crippen LogP contribution in [0.15, 0.2) is 30.3 Å². The third kappa shape index (κ3) is 10.1. The molecule has 2 unspecified atom stereocenters. The molecule has 0 heterocycles. The summed E-state index contributed by atoms with van der Waals surface area (Å²) in [5, 5.41) is 8.42. The number of rotatable bonds is 10. The Morgan fingerprint density at radius 2 is 1.76 bits per heavy atom. The van der Waals surface area contributed by atoms with Gasteiger partial charge in [-0.1, -0.05) is 51.1 Å². The molecule has 184 valence electrons. The number of urea groups is 1. The first-order chi connectivity index (χ1) is 15.6. The largest absolute Gasteiger partial charge is 0.469 e. The number of nitrogens with one attached hydrogen (secondary N) is 3. The average molecular weight is 462 g/mol. The lowest BCUT2D eigenvalue weighted by atomic mass is 9.60. The summed E-state index contributed by atoms with van der Waals surface area (Å²) in [4.78, 5) is 35.7. The Labute approximate surface area is 197 Å². The third-order valence-corrected chi connectivity index (χ3v) is 6.01. The molecule has 2 atom stereocenters. The van der Waals surface area contributed by atoms with Crippen molar-refractivity contribution in [3.8, 4) is 0 Å². The minimum atomic E-state index is -0.461. The van der Waals surface area contributed by atoms with E-state index in [0.29, 0.717) is 32.5 Å². The standard InChI is InChI=1S/C25H39N3O5/c1-24(2)14-20(13-21(29)32-4)15-25(3,17-24)18-28-23(31)33-12-8-11-26-22(30)27-16-19-9-6-5-7-10-19/h5-7,9-10,20H,8,11-18H2,1-4H3,(H,28,31)(H2,26,27,30). The number of methoxy groups -OCH3 is 1. The van der Waals surface area contributed by atoms with Gasteiger partial charge in [0.2, 0.25) is 0 Å². The van der Waals surface area contributed by atoms with Crippen molar-refractivity contribution in [1.82, 2.24) is 16.0 Å². The second kappa shape index (κ2) is 12.5. The van der Waals surface area contributed by atoms with E-state index in [9.17, 15) is 14.4 Å². The van der Waals surface area contributed by atoms with Crippen LogP contribution >= 0.6 is 0 Å². The maximum atomic E-state index is 12.1. The summed E-state index contributed by atoms with van der Waals surface area (Å²) < 4.78 is 10.1. The molecular formula is C25H39N3O5. The fraction of sp³-hybridized carbons (Fsp3) is 0.640. The van der Waals surface area contributed by atoms with Crippen LogP contribution < -0.4 is 16.0 Å². The fourth-order valence-corrected chi connectivity index (χ4v) is 5.06. The summed E-state index contributed by atoms with van der Waals surface area (Å²) in [5.41, 5.74) is 1.00. The lowest BCUT2D eigenvalue weighted by Crippen LogP contribution is -2.44. The van der Waals surface area contributed by atoms with Gasteiger partial charge >= 0.3 is 18.1 Å². The van der Waals surface area contributed by atoms with E-state index in [4.69, 9.17) is 9.47 Å². The van der Waals surface area contributed by atoms with Gasteiger partial charge in [0.25, 0.3) is 0 Å². The predicted molar refractivity (Wildman–Crippen MR) is 127 cm³/mol. The van der Waals surface area contributed by atoms with E-state index < -0.39 is 6.09 Å². The van der Waals surface area contributed by atoms with E-state index in [2.05, 4.69) is 36.7 Å². The Balaban J connectivity index is 1.62. The van der Waals surface area contributed by atoms with Gasteiger partial charge in [-0.05, 0) is 48.0 Å². The van der Waals surface area contributed by atoms with Crippen LogP contribution in [0.4, 0.5) is 9.59 Å². The van der Waals surface area contributed by atoms with Crippen molar-refractivity contribution >= 4 is 18.1 Å². The molecule has 1 aliphatic rings. The monoisotopic (exact) mass is 461 g/mol. The number of alkyl carbamates (subject to hydrolysis) is 1. The molecule has 0 radical (unpaired) electrons. The molecule has 0 saturated heterocycles. The number of carbonyl (C=O) groups excluding carboxylic acids is 3. The molecule has 1 aliphatic carbocycles. The molecule has 8 heteroatoms. The molecule has 0 aromatic heterocycles. The Hall–Kier alpha value is -2.77. The Kier molecular flexibility index (Phi) is 10.0. The molecule has 1 aromatic carbocycles. The fourth-order valence-electron chi connectivity index (χ4n) is 5.06.